The van der Waals surface area contributed by atoms with Gasteiger partial charge in [-0.1, -0.05) is 65.8 Å². The van der Waals surface area contributed by atoms with Gasteiger partial charge >= 0.3 is 17.1 Å². The number of hydrogen-bond acceptors (Lipinski definition) is 4. The van der Waals surface area contributed by atoms with Crippen LogP contribution in [0.15, 0.2) is 47.1 Å². The third-order valence-electron chi connectivity index (χ3n) is 6.67. The number of rotatable bonds is 3. The van der Waals surface area contributed by atoms with Crippen molar-refractivity contribution in [2.75, 3.05) is 0 Å². The van der Waals surface area contributed by atoms with E-state index in [0.29, 0.717) is 22.6 Å². The van der Waals surface area contributed by atoms with Gasteiger partial charge in [0.25, 0.3) is 0 Å². The molecule has 0 unspecified atom stereocenters. The average molecular weight is 577 g/mol. The Balaban J connectivity index is 0.000000883. The van der Waals surface area contributed by atoms with Crippen LogP contribution < -0.4 is 0 Å². The predicted molar refractivity (Wildman–Crippen MR) is 159 cm³/mol. The summed E-state index contributed by atoms with van der Waals surface area (Å²) in [7, 11) is 0. The number of fused-ring (bicyclic) bond motifs is 1. The molecule has 0 aromatic rings. The third kappa shape index (κ3) is 7.90. The van der Waals surface area contributed by atoms with Gasteiger partial charge in [0.15, 0.2) is 0 Å². The van der Waals surface area contributed by atoms with Crippen LogP contribution >= 0.6 is 0 Å². The van der Waals surface area contributed by atoms with Gasteiger partial charge in [0, 0.05) is 11.5 Å². The van der Waals surface area contributed by atoms with Gasteiger partial charge in [0.05, 0.1) is 0 Å². The molecular formula is C36H32FeN4+2. The summed E-state index contributed by atoms with van der Waals surface area (Å²) in [6.07, 6.45) is 17.2. The molecule has 0 spiro atoms. The van der Waals surface area contributed by atoms with Crippen LogP contribution in [0.4, 0.5) is 0 Å². The fourth-order valence-electron chi connectivity index (χ4n) is 4.62. The number of nitrogens with zero attached hydrogens (tertiary/aromatic N) is 4. The first-order chi connectivity index (χ1) is 19.0. The van der Waals surface area contributed by atoms with Crippen molar-refractivity contribution < 1.29 is 17.1 Å². The van der Waals surface area contributed by atoms with Crippen LogP contribution in [0.1, 0.15) is 58.2 Å². The molecule has 4 aliphatic rings. The number of nitriles is 4. The minimum absolute atomic E-state index is 0. The predicted octanol–water partition coefficient (Wildman–Crippen LogP) is 7.96. The van der Waals surface area contributed by atoms with Gasteiger partial charge in [-0.15, -0.1) is 0 Å². The van der Waals surface area contributed by atoms with E-state index in [2.05, 4.69) is 59.7 Å². The Morgan fingerprint density at radius 2 is 1.00 bits per heavy atom. The monoisotopic (exact) mass is 576 g/mol. The second kappa shape index (κ2) is 14.5. The van der Waals surface area contributed by atoms with Crippen molar-refractivity contribution in [3.05, 3.63) is 127 Å². The summed E-state index contributed by atoms with van der Waals surface area (Å²) in [5, 5.41) is 39.5. The van der Waals surface area contributed by atoms with E-state index in [1.54, 1.807) is 25.7 Å². The maximum atomic E-state index is 9.95. The smallest absolute Gasteiger partial charge is 0.192 e. The quantitative estimate of drug-likeness (QED) is 0.210. The zero-order valence-electron chi connectivity index (χ0n) is 24.2. The van der Waals surface area contributed by atoms with Crippen molar-refractivity contribution in [3.63, 3.8) is 0 Å². The van der Waals surface area contributed by atoms with Crippen LogP contribution in [0.25, 0.3) is 16.7 Å². The Kier molecular flexibility index (Phi) is 12.0. The van der Waals surface area contributed by atoms with Crippen LogP contribution in [-0.4, -0.2) is 0 Å². The van der Waals surface area contributed by atoms with Gasteiger partial charge < -0.3 is 0 Å². The number of hydrogen-bond donors (Lipinski definition) is 0. The molecule has 0 bridgehead atoms. The van der Waals surface area contributed by atoms with E-state index in [1.165, 1.54) is 0 Å². The van der Waals surface area contributed by atoms with Crippen molar-refractivity contribution >= 4 is 5.57 Å². The normalized spacial score (nSPS) is 14.8. The summed E-state index contributed by atoms with van der Waals surface area (Å²) in [5.41, 5.74) is 4.77. The second-order valence-electron chi connectivity index (χ2n) is 11.5. The fourth-order valence-corrected chi connectivity index (χ4v) is 4.62. The van der Waals surface area contributed by atoms with E-state index in [1.807, 2.05) is 68.5 Å². The first kappa shape index (κ1) is 33.9. The van der Waals surface area contributed by atoms with Gasteiger partial charge in [-0.25, -0.2) is 0 Å². The molecule has 41 heavy (non-hydrogen) atoms. The fraction of sp³-hybridized carbons (Fsp3) is 0.222. The summed E-state index contributed by atoms with van der Waals surface area (Å²) in [4.78, 5) is 0. The van der Waals surface area contributed by atoms with Crippen molar-refractivity contribution in [2.45, 2.75) is 52.4 Å². The van der Waals surface area contributed by atoms with Gasteiger partial charge in [-0.3, -0.25) is 0 Å². The minimum atomic E-state index is -0.227. The van der Waals surface area contributed by atoms with Crippen LogP contribution in [0.5, 0.6) is 0 Å². The molecule has 2 fully saturated rings. The van der Waals surface area contributed by atoms with E-state index < -0.39 is 0 Å². The molecule has 0 amide bonds. The summed E-state index contributed by atoms with van der Waals surface area (Å²) in [5.74, 6) is 0.614. The van der Waals surface area contributed by atoms with Crippen LogP contribution in [0.3, 0.4) is 0 Å². The molecule has 0 aliphatic heterocycles. The largest absolute Gasteiger partial charge is 2.00 e. The van der Waals surface area contributed by atoms with Crippen LogP contribution in [-0.2, 0) is 27.9 Å². The van der Waals surface area contributed by atoms with Crippen molar-refractivity contribution in [1.29, 1.82) is 21.0 Å². The van der Waals surface area contributed by atoms with Crippen LogP contribution in [0, 0.1) is 109 Å². The SMILES string of the molecule is CC(C)(C)c1ccc2c(C(=C(C#N)C#N)C([C]3[CH][CH][CH][CH]3)=C(C#N)C#N)cc(C(C)(C)C)c-2cc1.[CH]1[CH][CH][CH][CH]1.[Fe+2]. The van der Waals surface area contributed by atoms with Crippen LogP contribution in [0.2, 0.25) is 0 Å². The second-order valence-corrected chi connectivity index (χ2v) is 11.5. The summed E-state index contributed by atoms with van der Waals surface area (Å²) in [6.45, 7) is 12.8. The summed E-state index contributed by atoms with van der Waals surface area (Å²) in [6, 6.07) is 18.3. The Morgan fingerprint density at radius 3 is 1.41 bits per heavy atom. The minimum Gasteiger partial charge on any atom is -0.192 e. The van der Waals surface area contributed by atoms with Gasteiger partial charge in [-0.2, -0.15) is 21.0 Å². The topological polar surface area (TPSA) is 95.2 Å². The molecule has 0 N–H and O–H groups in total. The first-order valence-corrected chi connectivity index (χ1v) is 13.0. The molecule has 4 nitrogen and oxygen atoms in total. The Hall–Kier alpha value is -3.34. The molecule has 5 heteroatoms. The molecule has 0 aromatic carbocycles. The van der Waals surface area contributed by atoms with Crippen molar-refractivity contribution in [3.8, 4) is 35.4 Å². The van der Waals surface area contributed by atoms with Gasteiger partial charge in [-0.05, 0) is 108 Å². The van der Waals surface area contributed by atoms with E-state index >= 15 is 0 Å². The Labute approximate surface area is 258 Å². The van der Waals surface area contributed by atoms with Gasteiger partial charge in [0.1, 0.15) is 35.4 Å². The molecule has 10 radical (unpaired) electrons. The standard InChI is InChI=1S/C31H27N4.C5H5.Fe/c1-30(2,3)23-11-13-24-25(14-12-23)27(31(4,5)6)15-26(24)29(22(18-34)19-35)28(21(16-32)17-33)20-9-7-8-10-20;1-2-4-5-3-1;/h7-15H,1-6H3;1-5H;/q;;+2. The molecule has 0 aromatic heterocycles. The van der Waals surface area contributed by atoms with E-state index in [0.717, 1.165) is 22.3 Å². The Bertz CT molecular complexity index is 1390. The molecule has 0 heterocycles. The van der Waals surface area contributed by atoms with Crippen molar-refractivity contribution in [2.24, 2.45) is 0 Å². The summed E-state index contributed by atoms with van der Waals surface area (Å²) >= 11 is 0. The maximum absolute atomic E-state index is 9.95. The third-order valence-corrected chi connectivity index (χ3v) is 6.67. The summed E-state index contributed by atoms with van der Waals surface area (Å²) < 4.78 is 0. The van der Waals surface area contributed by atoms with E-state index in [-0.39, 0.29) is 39.0 Å². The molecule has 2 saturated carbocycles. The molecule has 0 atom stereocenters. The molecular weight excluding hydrogens is 544 g/mol. The zero-order valence-corrected chi connectivity index (χ0v) is 25.3. The molecule has 0 saturated heterocycles. The zero-order chi connectivity index (χ0) is 29.5. The molecule has 202 valence electrons. The number of allylic oxidation sites excluding steroid dienone is 4. The average Bonchev–Trinajstić information content (AvgIpc) is 3.67. The van der Waals surface area contributed by atoms with Gasteiger partial charge in [0.2, 0.25) is 0 Å². The maximum Gasteiger partial charge on any atom is 2.00 e. The van der Waals surface area contributed by atoms with E-state index in [4.69, 9.17) is 0 Å². The van der Waals surface area contributed by atoms with E-state index in [9.17, 15) is 21.0 Å². The first-order valence-electron chi connectivity index (χ1n) is 13.0. The molecule has 4 rings (SSSR count). The Morgan fingerprint density at radius 1 is 0.561 bits per heavy atom. The van der Waals surface area contributed by atoms with Crippen molar-refractivity contribution in [1.82, 2.24) is 0 Å². The molecule has 4 aliphatic carbocycles.